The van der Waals surface area contributed by atoms with Gasteiger partial charge in [-0.25, -0.2) is 0 Å². The highest BCUT2D eigenvalue weighted by Gasteiger charge is 2.10. The number of rotatable bonds is 2. The molecule has 1 aliphatic heterocycles. The molecule has 18 heavy (non-hydrogen) atoms. The van der Waals surface area contributed by atoms with E-state index in [0.717, 1.165) is 18.1 Å². The van der Waals surface area contributed by atoms with Gasteiger partial charge in [0.1, 0.15) is 0 Å². The summed E-state index contributed by atoms with van der Waals surface area (Å²) in [6, 6.07) is 6.31. The van der Waals surface area contributed by atoms with Crippen LogP contribution in [0.4, 0.5) is 0 Å². The number of benzene rings is 1. The van der Waals surface area contributed by atoms with Crippen LogP contribution in [-0.4, -0.2) is 19.4 Å². The lowest BCUT2D eigenvalue weighted by atomic mass is 9.96. The third-order valence-electron chi connectivity index (χ3n) is 2.87. The van der Waals surface area contributed by atoms with E-state index in [1.54, 1.807) is 6.34 Å². The smallest absolute Gasteiger partial charge is 0.0825 e. The van der Waals surface area contributed by atoms with Gasteiger partial charge in [0.2, 0.25) is 0 Å². The van der Waals surface area contributed by atoms with Crippen LogP contribution in [0.15, 0.2) is 23.2 Å². The summed E-state index contributed by atoms with van der Waals surface area (Å²) in [5.41, 5.74) is 2.51. The fourth-order valence-corrected chi connectivity index (χ4v) is 2.35. The molecule has 0 fully saturated rings. The Balaban J connectivity index is 0.000000269. The van der Waals surface area contributed by atoms with Crippen molar-refractivity contribution >= 4 is 17.9 Å². The maximum absolute atomic E-state index is 6.30. The molecule has 1 N–H and O–H groups in total. The lowest BCUT2D eigenvalue weighted by Crippen LogP contribution is -2.04. The molecule has 0 atom stereocenters. The van der Waals surface area contributed by atoms with E-state index in [-0.39, 0.29) is 0 Å². The van der Waals surface area contributed by atoms with Crippen LogP contribution in [0.5, 0.6) is 0 Å². The summed E-state index contributed by atoms with van der Waals surface area (Å²) in [6.07, 6.45) is 1.74. The van der Waals surface area contributed by atoms with Crippen molar-refractivity contribution in [3.8, 4) is 0 Å². The zero-order chi connectivity index (χ0) is 13.5. The minimum atomic E-state index is 0.506. The maximum atomic E-state index is 6.30. The zero-order valence-electron chi connectivity index (χ0n) is 11.7. The van der Waals surface area contributed by atoms with Gasteiger partial charge in [-0.2, -0.15) is 0 Å². The first-order valence-electron chi connectivity index (χ1n) is 6.54. The lowest BCUT2D eigenvalue weighted by molar-refractivity contribution is 0.834. The van der Waals surface area contributed by atoms with Gasteiger partial charge in [0.05, 0.1) is 12.9 Å². The Morgan fingerprint density at radius 1 is 1.11 bits per heavy atom. The predicted octanol–water partition coefficient (Wildman–Crippen LogP) is 4.20. The van der Waals surface area contributed by atoms with Gasteiger partial charge in [-0.15, -0.1) is 0 Å². The van der Waals surface area contributed by atoms with Crippen LogP contribution in [0.3, 0.4) is 0 Å². The largest absolute Gasteiger partial charge is 0.375 e. The van der Waals surface area contributed by atoms with E-state index in [1.165, 1.54) is 11.1 Å². The van der Waals surface area contributed by atoms with Gasteiger partial charge in [0.25, 0.3) is 0 Å². The Labute approximate surface area is 115 Å². The highest BCUT2D eigenvalue weighted by Crippen LogP contribution is 2.31. The first kappa shape index (κ1) is 15.0. The van der Waals surface area contributed by atoms with Gasteiger partial charge in [-0.1, -0.05) is 57.5 Å². The minimum Gasteiger partial charge on any atom is -0.375 e. The lowest BCUT2D eigenvalue weighted by Gasteiger charge is -2.14. The fourth-order valence-electron chi connectivity index (χ4n) is 1.78. The average Bonchev–Trinajstić information content (AvgIpc) is 2.87. The van der Waals surface area contributed by atoms with Crippen molar-refractivity contribution < 1.29 is 0 Å². The normalized spacial score (nSPS) is 13.5. The number of hydrogen-bond donors (Lipinski definition) is 1. The predicted molar refractivity (Wildman–Crippen MR) is 81.0 cm³/mol. The van der Waals surface area contributed by atoms with Crippen molar-refractivity contribution in [1.82, 2.24) is 5.32 Å². The molecule has 0 saturated carbocycles. The van der Waals surface area contributed by atoms with Gasteiger partial charge in [0.15, 0.2) is 0 Å². The molecule has 1 heterocycles. The number of halogens is 1. The highest BCUT2D eigenvalue weighted by atomic mass is 35.5. The van der Waals surface area contributed by atoms with Crippen molar-refractivity contribution in [2.24, 2.45) is 4.99 Å². The van der Waals surface area contributed by atoms with Crippen molar-refractivity contribution in [3.63, 3.8) is 0 Å². The molecular weight excluding hydrogens is 244 g/mol. The zero-order valence-corrected chi connectivity index (χ0v) is 12.5. The molecule has 0 aromatic heterocycles. The molecule has 0 spiro atoms. The van der Waals surface area contributed by atoms with Gasteiger partial charge < -0.3 is 5.32 Å². The molecule has 1 aliphatic rings. The van der Waals surface area contributed by atoms with E-state index in [9.17, 15) is 0 Å². The van der Waals surface area contributed by atoms with Crippen molar-refractivity contribution in [2.45, 2.75) is 39.5 Å². The van der Waals surface area contributed by atoms with Gasteiger partial charge in [-0.3, -0.25) is 4.99 Å². The number of nitrogens with zero attached hydrogens (tertiary/aromatic N) is 1. The van der Waals surface area contributed by atoms with E-state index in [4.69, 9.17) is 11.6 Å². The minimum absolute atomic E-state index is 0.506. The maximum Gasteiger partial charge on any atom is 0.0825 e. The summed E-state index contributed by atoms with van der Waals surface area (Å²) < 4.78 is 0. The molecule has 0 unspecified atom stereocenters. The Hall–Kier alpha value is -1.02. The van der Waals surface area contributed by atoms with Crippen molar-refractivity contribution in [2.75, 3.05) is 13.1 Å². The Bertz CT molecular complexity index is 365. The van der Waals surface area contributed by atoms with Gasteiger partial charge in [-0.05, 0) is 23.0 Å². The Morgan fingerprint density at radius 3 is 1.94 bits per heavy atom. The Morgan fingerprint density at radius 2 is 1.67 bits per heavy atom. The summed E-state index contributed by atoms with van der Waals surface area (Å²) in [7, 11) is 0. The molecule has 3 heteroatoms. The van der Waals surface area contributed by atoms with Crippen LogP contribution in [0.25, 0.3) is 0 Å². The highest BCUT2D eigenvalue weighted by molar-refractivity contribution is 6.32. The van der Waals surface area contributed by atoms with Crippen LogP contribution in [0.2, 0.25) is 5.02 Å². The second-order valence-electron chi connectivity index (χ2n) is 5.05. The average molecular weight is 267 g/mol. The molecule has 0 radical (unpaired) electrons. The molecule has 2 nitrogen and oxygen atoms in total. The van der Waals surface area contributed by atoms with E-state index in [2.05, 4.69) is 56.2 Å². The van der Waals surface area contributed by atoms with Gasteiger partial charge in [0, 0.05) is 11.6 Å². The Kier molecular flexibility index (Phi) is 6.20. The van der Waals surface area contributed by atoms with E-state index >= 15 is 0 Å². The van der Waals surface area contributed by atoms with Crippen molar-refractivity contribution in [3.05, 3.63) is 34.3 Å². The molecular formula is C15H23ClN2. The second-order valence-corrected chi connectivity index (χ2v) is 5.43. The number of hydrogen-bond acceptors (Lipinski definition) is 2. The summed E-state index contributed by atoms with van der Waals surface area (Å²) in [5, 5.41) is 3.88. The molecule has 0 bridgehead atoms. The van der Waals surface area contributed by atoms with Crippen LogP contribution >= 0.6 is 11.6 Å². The molecule has 1 aromatic carbocycles. The van der Waals surface area contributed by atoms with E-state index in [0.29, 0.717) is 11.8 Å². The van der Waals surface area contributed by atoms with E-state index < -0.39 is 0 Å². The molecule has 0 saturated heterocycles. The van der Waals surface area contributed by atoms with Crippen LogP contribution < -0.4 is 5.32 Å². The van der Waals surface area contributed by atoms with Gasteiger partial charge >= 0.3 is 0 Å². The molecule has 1 aromatic rings. The molecule has 0 aliphatic carbocycles. The molecule has 0 amide bonds. The topological polar surface area (TPSA) is 24.4 Å². The summed E-state index contributed by atoms with van der Waals surface area (Å²) in [4.78, 5) is 3.85. The number of nitrogens with one attached hydrogen (secondary N) is 1. The molecule has 100 valence electrons. The first-order valence-corrected chi connectivity index (χ1v) is 6.91. The standard InChI is InChI=1S/C12H17Cl.C3H6N2/c1-8(2)10-6-5-7-11(9(3)4)12(10)13;1-2-5-3-4-1/h5-9H,1-4H3;3H,1-2H2,(H,4,5). The van der Waals surface area contributed by atoms with Crippen LogP contribution in [0, 0.1) is 0 Å². The first-order chi connectivity index (χ1) is 8.54. The third-order valence-corrected chi connectivity index (χ3v) is 3.31. The van der Waals surface area contributed by atoms with Crippen molar-refractivity contribution in [1.29, 1.82) is 0 Å². The quantitative estimate of drug-likeness (QED) is 0.852. The van der Waals surface area contributed by atoms with Crippen LogP contribution in [0.1, 0.15) is 50.7 Å². The monoisotopic (exact) mass is 266 g/mol. The number of aliphatic imine (C=N–C) groups is 1. The summed E-state index contributed by atoms with van der Waals surface area (Å²) in [5.74, 6) is 1.01. The summed E-state index contributed by atoms with van der Waals surface area (Å²) >= 11 is 6.30. The van der Waals surface area contributed by atoms with Crippen LogP contribution in [-0.2, 0) is 0 Å². The summed E-state index contributed by atoms with van der Waals surface area (Å²) in [6.45, 7) is 10.7. The molecule has 2 rings (SSSR count). The fraction of sp³-hybridized carbons (Fsp3) is 0.533. The second kappa shape index (κ2) is 7.42. The van der Waals surface area contributed by atoms with E-state index in [1.807, 2.05) is 0 Å². The SMILES string of the molecule is C1=NCCN1.CC(C)c1cccc(C(C)C)c1Cl. The third kappa shape index (κ3) is 4.34.